The molecule has 1 aromatic heterocycles. The predicted molar refractivity (Wildman–Crippen MR) is 66.6 cm³/mol. The second kappa shape index (κ2) is 5.48. The van der Waals surface area contributed by atoms with Crippen LogP contribution in [0.2, 0.25) is 0 Å². The molecule has 1 aromatic rings. The molecule has 0 aromatic carbocycles. The van der Waals surface area contributed by atoms with Crippen LogP contribution in [0.25, 0.3) is 0 Å². The van der Waals surface area contributed by atoms with E-state index in [1.165, 1.54) is 31.5 Å². The molecule has 0 radical (unpaired) electrons. The monoisotopic (exact) mass is 221 g/mol. The van der Waals surface area contributed by atoms with Crippen molar-refractivity contribution >= 4 is 0 Å². The Kier molecular flexibility index (Phi) is 3.99. The summed E-state index contributed by atoms with van der Waals surface area (Å²) < 4.78 is 2.29. The molecule has 1 aliphatic rings. The standard InChI is InChI=1S/C13H23N3/c1-3-13-14-8-9-16(13)11(2)10-15-12-6-4-5-7-12/h8-9,11-12,15H,3-7,10H2,1-2H3. The molecule has 1 saturated carbocycles. The topological polar surface area (TPSA) is 29.9 Å². The Labute approximate surface area is 98.3 Å². The Hall–Kier alpha value is -0.830. The number of nitrogens with zero attached hydrogens (tertiary/aromatic N) is 2. The van der Waals surface area contributed by atoms with Crippen molar-refractivity contribution in [3.63, 3.8) is 0 Å². The van der Waals surface area contributed by atoms with E-state index in [1.807, 2.05) is 6.20 Å². The maximum Gasteiger partial charge on any atom is 0.108 e. The van der Waals surface area contributed by atoms with E-state index in [0.717, 1.165) is 19.0 Å². The second-order valence-electron chi connectivity index (χ2n) is 4.84. The first kappa shape index (κ1) is 11.6. The Morgan fingerprint density at radius 2 is 2.25 bits per heavy atom. The van der Waals surface area contributed by atoms with Gasteiger partial charge in [-0.25, -0.2) is 4.98 Å². The minimum atomic E-state index is 0.512. The van der Waals surface area contributed by atoms with Crippen LogP contribution in [0.3, 0.4) is 0 Å². The van der Waals surface area contributed by atoms with Crippen molar-refractivity contribution in [2.75, 3.05) is 6.54 Å². The molecule has 0 saturated heterocycles. The van der Waals surface area contributed by atoms with E-state index >= 15 is 0 Å². The van der Waals surface area contributed by atoms with Gasteiger partial charge >= 0.3 is 0 Å². The number of imidazole rings is 1. The molecule has 2 rings (SSSR count). The summed E-state index contributed by atoms with van der Waals surface area (Å²) in [5.74, 6) is 1.20. The minimum Gasteiger partial charge on any atom is -0.331 e. The maximum absolute atomic E-state index is 4.37. The number of rotatable bonds is 5. The van der Waals surface area contributed by atoms with Gasteiger partial charge < -0.3 is 9.88 Å². The van der Waals surface area contributed by atoms with E-state index in [2.05, 4.69) is 34.9 Å². The zero-order valence-corrected chi connectivity index (χ0v) is 10.4. The Balaban J connectivity index is 1.84. The predicted octanol–water partition coefficient (Wildman–Crippen LogP) is 2.54. The van der Waals surface area contributed by atoms with Gasteiger partial charge in [0.15, 0.2) is 0 Å². The summed E-state index contributed by atoms with van der Waals surface area (Å²) in [5.41, 5.74) is 0. The lowest BCUT2D eigenvalue weighted by atomic mass is 10.2. The van der Waals surface area contributed by atoms with E-state index < -0.39 is 0 Å². The van der Waals surface area contributed by atoms with Crippen molar-refractivity contribution in [2.45, 2.75) is 58.0 Å². The first-order valence-corrected chi connectivity index (χ1v) is 6.56. The van der Waals surface area contributed by atoms with Crippen molar-refractivity contribution < 1.29 is 0 Å². The molecule has 1 unspecified atom stereocenters. The molecule has 1 N–H and O–H groups in total. The van der Waals surface area contributed by atoms with Gasteiger partial charge in [-0.15, -0.1) is 0 Å². The molecule has 90 valence electrons. The second-order valence-corrected chi connectivity index (χ2v) is 4.84. The largest absolute Gasteiger partial charge is 0.331 e. The summed E-state index contributed by atoms with van der Waals surface area (Å²) in [6.45, 7) is 5.49. The van der Waals surface area contributed by atoms with Crippen LogP contribution in [0, 0.1) is 0 Å². The normalized spacial score (nSPS) is 19.1. The molecular weight excluding hydrogens is 198 g/mol. The van der Waals surface area contributed by atoms with E-state index in [-0.39, 0.29) is 0 Å². The van der Waals surface area contributed by atoms with Crippen LogP contribution < -0.4 is 5.32 Å². The Morgan fingerprint density at radius 1 is 1.50 bits per heavy atom. The fourth-order valence-corrected chi connectivity index (χ4v) is 2.58. The molecule has 1 fully saturated rings. The lowest BCUT2D eigenvalue weighted by Gasteiger charge is -2.19. The van der Waals surface area contributed by atoms with Crippen LogP contribution in [-0.2, 0) is 6.42 Å². The van der Waals surface area contributed by atoms with Gasteiger partial charge in [-0.05, 0) is 19.8 Å². The first-order valence-electron chi connectivity index (χ1n) is 6.56. The molecule has 1 heterocycles. The Bertz CT molecular complexity index is 313. The third-order valence-electron chi connectivity index (χ3n) is 3.60. The highest BCUT2D eigenvalue weighted by molar-refractivity contribution is 4.94. The van der Waals surface area contributed by atoms with Crippen LogP contribution in [0.5, 0.6) is 0 Å². The fourth-order valence-electron chi connectivity index (χ4n) is 2.58. The summed E-state index contributed by atoms with van der Waals surface area (Å²) in [6, 6.07) is 1.27. The molecule has 0 aliphatic heterocycles. The zero-order chi connectivity index (χ0) is 11.4. The van der Waals surface area contributed by atoms with Crippen LogP contribution >= 0.6 is 0 Å². The lowest BCUT2D eigenvalue weighted by molar-refractivity contribution is 0.432. The van der Waals surface area contributed by atoms with Crippen LogP contribution in [-0.4, -0.2) is 22.1 Å². The summed E-state index contributed by atoms with van der Waals surface area (Å²) in [5, 5.41) is 3.67. The van der Waals surface area contributed by atoms with Crippen LogP contribution in [0.1, 0.15) is 51.4 Å². The van der Waals surface area contributed by atoms with Gasteiger partial charge in [0, 0.05) is 37.4 Å². The average Bonchev–Trinajstić information content (AvgIpc) is 2.96. The third kappa shape index (κ3) is 2.64. The van der Waals surface area contributed by atoms with Gasteiger partial charge in [0.1, 0.15) is 5.82 Å². The highest BCUT2D eigenvalue weighted by Crippen LogP contribution is 2.18. The van der Waals surface area contributed by atoms with Crippen molar-refractivity contribution in [1.29, 1.82) is 0 Å². The van der Waals surface area contributed by atoms with Gasteiger partial charge in [-0.3, -0.25) is 0 Å². The molecule has 0 bridgehead atoms. The Morgan fingerprint density at radius 3 is 2.94 bits per heavy atom. The smallest absolute Gasteiger partial charge is 0.108 e. The number of aromatic nitrogens is 2. The molecule has 3 nitrogen and oxygen atoms in total. The fraction of sp³-hybridized carbons (Fsp3) is 0.769. The number of nitrogens with one attached hydrogen (secondary N) is 1. The molecule has 16 heavy (non-hydrogen) atoms. The lowest BCUT2D eigenvalue weighted by Crippen LogP contribution is -2.31. The highest BCUT2D eigenvalue weighted by atomic mass is 15.1. The number of aryl methyl sites for hydroxylation is 1. The van der Waals surface area contributed by atoms with Gasteiger partial charge in [0.2, 0.25) is 0 Å². The molecule has 0 spiro atoms. The van der Waals surface area contributed by atoms with Crippen molar-refractivity contribution in [3.05, 3.63) is 18.2 Å². The van der Waals surface area contributed by atoms with Gasteiger partial charge in [0.05, 0.1) is 0 Å². The van der Waals surface area contributed by atoms with E-state index in [9.17, 15) is 0 Å². The SMILES string of the molecule is CCc1nccn1C(C)CNC1CCCC1. The van der Waals surface area contributed by atoms with Gasteiger partial charge in [0.25, 0.3) is 0 Å². The number of hydrogen-bond donors (Lipinski definition) is 1. The molecule has 3 heteroatoms. The van der Waals surface area contributed by atoms with Crippen molar-refractivity contribution in [3.8, 4) is 0 Å². The van der Waals surface area contributed by atoms with Crippen molar-refractivity contribution in [1.82, 2.24) is 14.9 Å². The molecule has 0 amide bonds. The quantitative estimate of drug-likeness (QED) is 0.828. The summed E-state index contributed by atoms with van der Waals surface area (Å²) in [6.07, 6.45) is 10.5. The zero-order valence-electron chi connectivity index (χ0n) is 10.4. The molecule has 1 aliphatic carbocycles. The highest BCUT2D eigenvalue weighted by Gasteiger charge is 2.16. The van der Waals surface area contributed by atoms with E-state index in [4.69, 9.17) is 0 Å². The summed E-state index contributed by atoms with van der Waals surface area (Å²) in [7, 11) is 0. The third-order valence-corrected chi connectivity index (χ3v) is 3.60. The number of hydrogen-bond acceptors (Lipinski definition) is 2. The summed E-state index contributed by atoms with van der Waals surface area (Å²) >= 11 is 0. The minimum absolute atomic E-state index is 0.512. The molecule has 1 atom stereocenters. The first-order chi connectivity index (χ1) is 7.81. The maximum atomic E-state index is 4.37. The van der Waals surface area contributed by atoms with Gasteiger partial charge in [-0.2, -0.15) is 0 Å². The average molecular weight is 221 g/mol. The van der Waals surface area contributed by atoms with Crippen LogP contribution in [0.15, 0.2) is 12.4 Å². The summed E-state index contributed by atoms with van der Waals surface area (Å²) in [4.78, 5) is 4.37. The van der Waals surface area contributed by atoms with Crippen LogP contribution in [0.4, 0.5) is 0 Å². The van der Waals surface area contributed by atoms with E-state index in [1.54, 1.807) is 0 Å². The van der Waals surface area contributed by atoms with E-state index in [0.29, 0.717) is 6.04 Å². The van der Waals surface area contributed by atoms with Gasteiger partial charge in [-0.1, -0.05) is 19.8 Å². The van der Waals surface area contributed by atoms with Crippen molar-refractivity contribution in [2.24, 2.45) is 0 Å². The molecular formula is C13H23N3.